The Kier molecular flexibility index (Phi) is 3.66. The van der Waals surface area contributed by atoms with Gasteiger partial charge in [-0.2, -0.15) is 5.10 Å². The van der Waals surface area contributed by atoms with Crippen molar-refractivity contribution in [2.45, 2.75) is 20.8 Å². The van der Waals surface area contributed by atoms with Crippen LogP contribution < -0.4 is 5.43 Å². The van der Waals surface area contributed by atoms with E-state index in [1.807, 2.05) is 20.8 Å². The summed E-state index contributed by atoms with van der Waals surface area (Å²) in [4.78, 5) is 11.4. The van der Waals surface area contributed by atoms with E-state index in [9.17, 15) is 4.79 Å². The number of hydrogen-bond donors (Lipinski definition) is 2. The molecule has 0 aromatic heterocycles. The van der Waals surface area contributed by atoms with Gasteiger partial charge < -0.3 is 5.11 Å². The Hall–Kier alpha value is -1.84. The molecule has 16 heavy (non-hydrogen) atoms. The number of rotatable bonds is 2. The van der Waals surface area contributed by atoms with E-state index in [1.165, 1.54) is 6.21 Å². The Morgan fingerprint density at radius 2 is 1.88 bits per heavy atom. The van der Waals surface area contributed by atoms with Gasteiger partial charge in [-0.25, -0.2) is 5.43 Å². The van der Waals surface area contributed by atoms with Gasteiger partial charge in [-0.3, -0.25) is 4.79 Å². The summed E-state index contributed by atoms with van der Waals surface area (Å²) in [6.07, 6.45) is 1.53. The Balaban J connectivity index is 2.56. The molecule has 0 aliphatic rings. The zero-order chi connectivity index (χ0) is 12.2. The molecule has 1 amide bonds. The van der Waals surface area contributed by atoms with Crippen LogP contribution >= 0.6 is 0 Å². The van der Waals surface area contributed by atoms with Crippen LogP contribution in [0.2, 0.25) is 0 Å². The standard InChI is InChI=1S/C12H16N2O2/c1-12(2,3)11(16)14-13-8-9-4-6-10(15)7-5-9/h4-8,15H,1-3H3,(H,14,16)/b13-8+. The minimum atomic E-state index is -0.452. The second-order valence-corrected chi connectivity index (χ2v) is 4.54. The largest absolute Gasteiger partial charge is 0.508 e. The fraction of sp³-hybridized carbons (Fsp3) is 0.333. The quantitative estimate of drug-likeness (QED) is 0.590. The molecule has 4 nitrogen and oxygen atoms in total. The van der Waals surface area contributed by atoms with Gasteiger partial charge in [-0.1, -0.05) is 20.8 Å². The number of phenols is 1. The van der Waals surface area contributed by atoms with Crippen molar-refractivity contribution in [2.75, 3.05) is 0 Å². The first-order valence-corrected chi connectivity index (χ1v) is 5.02. The second kappa shape index (κ2) is 4.79. The summed E-state index contributed by atoms with van der Waals surface area (Å²) in [5.74, 6) is 0.0680. The van der Waals surface area contributed by atoms with E-state index in [2.05, 4.69) is 10.5 Å². The number of carbonyl (C=O) groups excluding carboxylic acids is 1. The van der Waals surface area contributed by atoms with E-state index in [0.29, 0.717) is 0 Å². The Morgan fingerprint density at radius 3 is 2.38 bits per heavy atom. The van der Waals surface area contributed by atoms with Crippen LogP contribution in [-0.2, 0) is 4.79 Å². The van der Waals surface area contributed by atoms with E-state index in [4.69, 9.17) is 5.11 Å². The van der Waals surface area contributed by atoms with Crippen molar-refractivity contribution in [3.63, 3.8) is 0 Å². The van der Waals surface area contributed by atoms with Crippen LogP contribution in [0.1, 0.15) is 26.3 Å². The molecule has 0 radical (unpaired) electrons. The van der Waals surface area contributed by atoms with Crippen LogP contribution in [0.4, 0.5) is 0 Å². The number of amides is 1. The molecule has 2 N–H and O–H groups in total. The Morgan fingerprint density at radius 1 is 1.31 bits per heavy atom. The zero-order valence-electron chi connectivity index (χ0n) is 9.69. The number of hydrazone groups is 1. The van der Waals surface area contributed by atoms with Crippen molar-refractivity contribution in [1.29, 1.82) is 0 Å². The van der Waals surface area contributed by atoms with Gasteiger partial charge in [0.15, 0.2) is 0 Å². The van der Waals surface area contributed by atoms with Crippen molar-refractivity contribution in [1.82, 2.24) is 5.43 Å². The summed E-state index contributed by atoms with van der Waals surface area (Å²) >= 11 is 0. The second-order valence-electron chi connectivity index (χ2n) is 4.54. The molecule has 0 unspecified atom stereocenters. The zero-order valence-corrected chi connectivity index (χ0v) is 9.69. The van der Waals surface area contributed by atoms with Crippen LogP contribution in [0.5, 0.6) is 5.75 Å². The van der Waals surface area contributed by atoms with E-state index in [0.717, 1.165) is 5.56 Å². The molecule has 0 bridgehead atoms. The summed E-state index contributed by atoms with van der Waals surface area (Å²) in [6.45, 7) is 5.45. The summed E-state index contributed by atoms with van der Waals surface area (Å²) in [7, 11) is 0. The van der Waals surface area contributed by atoms with Gasteiger partial charge in [0.05, 0.1) is 6.21 Å². The number of carbonyl (C=O) groups is 1. The molecule has 0 spiro atoms. The van der Waals surface area contributed by atoms with Gasteiger partial charge in [-0.05, 0) is 29.8 Å². The third-order valence-electron chi connectivity index (χ3n) is 1.95. The number of hydrogen-bond acceptors (Lipinski definition) is 3. The number of nitrogens with one attached hydrogen (secondary N) is 1. The highest BCUT2D eigenvalue weighted by molar-refractivity contribution is 5.84. The predicted octanol–water partition coefficient (Wildman–Crippen LogP) is 1.89. The Bertz CT molecular complexity index is 388. The molecule has 0 heterocycles. The van der Waals surface area contributed by atoms with Crippen molar-refractivity contribution >= 4 is 12.1 Å². The molecular formula is C12H16N2O2. The van der Waals surface area contributed by atoms with E-state index >= 15 is 0 Å². The van der Waals surface area contributed by atoms with Gasteiger partial charge in [0.25, 0.3) is 0 Å². The van der Waals surface area contributed by atoms with Crippen LogP contribution in [0, 0.1) is 5.41 Å². The lowest BCUT2D eigenvalue weighted by molar-refractivity contribution is -0.128. The number of benzene rings is 1. The highest BCUT2D eigenvalue weighted by Gasteiger charge is 2.20. The minimum absolute atomic E-state index is 0.137. The molecule has 0 aliphatic heterocycles. The van der Waals surface area contributed by atoms with E-state index < -0.39 is 5.41 Å². The van der Waals surface area contributed by atoms with Crippen LogP contribution in [-0.4, -0.2) is 17.2 Å². The van der Waals surface area contributed by atoms with Crippen LogP contribution in [0.15, 0.2) is 29.4 Å². The first kappa shape index (κ1) is 12.2. The topological polar surface area (TPSA) is 61.7 Å². The molecule has 0 saturated carbocycles. The summed E-state index contributed by atoms with van der Waals surface area (Å²) in [6, 6.07) is 6.55. The van der Waals surface area contributed by atoms with Crippen molar-refractivity contribution < 1.29 is 9.90 Å². The fourth-order valence-corrected chi connectivity index (χ4v) is 0.894. The molecule has 86 valence electrons. The monoisotopic (exact) mass is 220 g/mol. The molecule has 0 aliphatic carbocycles. The molecule has 4 heteroatoms. The molecule has 0 atom stereocenters. The van der Waals surface area contributed by atoms with Crippen molar-refractivity contribution in [3.8, 4) is 5.75 Å². The average Bonchev–Trinajstić information content (AvgIpc) is 2.19. The predicted molar refractivity (Wildman–Crippen MR) is 63.3 cm³/mol. The summed E-state index contributed by atoms with van der Waals surface area (Å²) in [5.41, 5.74) is 2.81. The Labute approximate surface area is 95.0 Å². The average molecular weight is 220 g/mol. The molecule has 1 aromatic rings. The summed E-state index contributed by atoms with van der Waals surface area (Å²) < 4.78 is 0. The third-order valence-corrected chi connectivity index (χ3v) is 1.95. The molecular weight excluding hydrogens is 204 g/mol. The van der Waals surface area contributed by atoms with Crippen molar-refractivity contribution in [2.24, 2.45) is 10.5 Å². The third kappa shape index (κ3) is 3.73. The highest BCUT2D eigenvalue weighted by atomic mass is 16.3. The molecule has 1 aromatic carbocycles. The van der Waals surface area contributed by atoms with Crippen LogP contribution in [0.25, 0.3) is 0 Å². The van der Waals surface area contributed by atoms with Gasteiger partial charge in [0.1, 0.15) is 5.75 Å². The number of phenolic OH excluding ortho intramolecular Hbond substituents is 1. The lowest BCUT2D eigenvalue weighted by Gasteiger charge is -2.14. The van der Waals surface area contributed by atoms with Gasteiger partial charge in [0.2, 0.25) is 5.91 Å². The van der Waals surface area contributed by atoms with Crippen LogP contribution in [0.3, 0.4) is 0 Å². The van der Waals surface area contributed by atoms with Gasteiger partial charge in [0, 0.05) is 5.41 Å². The summed E-state index contributed by atoms with van der Waals surface area (Å²) in [5, 5.41) is 12.9. The lowest BCUT2D eigenvalue weighted by atomic mass is 9.96. The smallest absolute Gasteiger partial charge is 0.245 e. The number of nitrogens with zero attached hydrogens (tertiary/aromatic N) is 1. The SMILES string of the molecule is CC(C)(C)C(=O)N/N=C/c1ccc(O)cc1. The molecule has 0 fully saturated rings. The molecule has 0 saturated heterocycles. The maximum atomic E-state index is 11.4. The maximum absolute atomic E-state index is 11.4. The van der Waals surface area contributed by atoms with Gasteiger partial charge >= 0.3 is 0 Å². The normalized spacial score (nSPS) is 11.7. The van der Waals surface area contributed by atoms with Gasteiger partial charge in [-0.15, -0.1) is 0 Å². The first-order chi connectivity index (χ1) is 7.39. The fourth-order valence-electron chi connectivity index (χ4n) is 0.894. The lowest BCUT2D eigenvalue weighted by Crippen LogP contribution is -2.31. The van der Waals surface area contributed by atoms with E-state index in [1.54, 1.807) is 24.3 Å². The first-order valence-electron chi connectivity index (χ1n) is 5.02. The maximum Gasteiger partial charge on any atom is 0.245 e. The highest BCUT2D eigenvalue weighted by Crippen LogP contribution is 2.12. The minimum Gasteiger partial charge on any atom is -0.508 e. The number of aromatic hydroxyl groups is 1. The van der Waals surface area contributed by atoms with Crippen molar-refractivity contribution in [3.05, 3.63) is 29.8 Å². The molecule has 1 rings (SSSR count). The van der Waals surface area contributed by atoms with E-state index in [-0.39, 0.29) is 11.7 Å².